The van der Waals surface area contributed by atoms with Crippen LogP contribution in [0.2, 0.25) is 0 Å². The average molecular weight is 728 g/mol. The molecule has 0 aromatic heterocycles. The lowest BCUT2D eigenvalue weighted by atomic mass is 10.1. The first-order valence-corrected chi connectivity index (χ1v) is 21.9. The van der Waals surface area contributed by atoms with Gasteiger partial charge in [0.15, 0.2) is 0 Å². The Morgan fingerprint density at radius 2 is 1.10 bits per heavy atom. The van der Waals surface area contributed by atoms with Crippen molar-refractivity contribution in [3.63, 3.8) is 0 Å². The Morgan fingerprint density at radius 1 is 0.660 bits per heavy atom. The number of hydrogen-bond acceptors (Lipinski definition) is 5. The molecule has 3 unspecified atom stereocenters. The van der Waals surface area contributed by atoms with Crippen LogP contribution >= 0.6 is 7.82 Å². The lowest BCUT2D eigenvalue weighted by Crippen LogP contribution is -2.45. The van der Waals surface area contributed by atoms with Gasteiger partial charge in [-0.3, -0.25) is 13.8 Å². The van der Waals surface area contributed by atoms with Crippen molar-refractivity contribution in [2.75, 3.05) is 40.9 Å². The summed E-state index contributed by atoms with van der Waals surface area (Å²) in [6, 6.07) is -0.863. The van der Waals surface area contributed by atoms with Gasteiger partial charge in [-0.15, -0.1) is 0 Å². The zero-order chi connectivity index (χ0) is 37.2. The quantitative estimate of drug-likeness (QED) is 0.0257. The van der Waals surface area contributed by atoms with Crippen molar-refractivity contribution in [3.8, 4) is 0 Å². The summed E-state index contributed by atoms with van der Waals surface area (Å²) >= 11 is 0. The molecule has 0 fully saturated rings. The van der Waals surface area contributed by atoms with Crippen LogP contribution in [0.3, 0.4) is 0 Å². The molecule has 3 atom stereocenters. The Balaban J connectivity index is 4.47. The summed E-state index contributed by atoms with van der Waals surface area (Å²) in [5.74, 6) is -0.198. The summed E-state index contributed by atoms with van der Waals surface area (Å²) in [5.41, 5.74) is 0. The molecule has 0 saturated carbocycles. The monoisotopic (exact) mass is 728 g/mol. The summed E-state index contributed by atoms with van der Waals surface area (Å²) in [5, 5.41) is 13.7. The van der Waals surface area contributed by atoms with E-state index in [-0.39, 0.29) is 19.1 Å². The summed E-state index contributed by atoms with van der Waals surface area (Å²) in [4.78, 5) is 22.9. The van der Waals surface area contributed by atoms with Gasteiger partial charge in [0, 0.05) is 6.42 Å². The van der Waals surface area contributed by atoms with Gasteiger partial charge in [0.2, 0.25) is 5.91 Å². The molecule has 0 radical (unpaired) electrons. The Labute approximate surface area is 308 Å². The van der Waals surface area contributed by atoms with Crippen LogP contribution in [0.5, 0.6) is 0 Å². The maximum atomic E-state index is 12.7. The van der Waals surface area contributed by atoms with Crippen molar-refractivity contribution >= 4 is 13.7 Å². The van der Waals surface area contributed by atoms with Crippen molar-refractivity contribution < 1.29 is 32.9 Å². The molecule has 0 heterocycles. The van der Waals surface area contributed by atoms with Gasteiger partial charge >= 0.3 is 7.82 Å². The molecule has 0 rings (SSSR count). The maximum absolute atomic E-state index is 12.7. The van der Waals surface area contributed by atoms with E-state index in [1.54, 1.807) is 6.08 Å². The fourth-order valence-corrected chi connectivity index (χ4v) is 6.28. The SMILES string of the molecule is CCCCCCCCCCCC/C=C/CC/C=C/CC/C=C/C(O)C(COP(=O)(O)OCC[N+](C)(C)C)NC(=O)CCCCCCCCCC. The van der Waals surface area contributed by atoms with Crippen LogP contribution in [-0.2, 0) is 18.4 Å². The minimum Gasteiger partial charge on any atom is -0.387 e. The molecule has 0 aliphatic carbocycles. The number of aliphatic hydroxyl groups excluding tert-OH is 1. The highest BCUT2D eigenvalue weighted by Gasteiger charge is 2.27. The van der Waals surface area contributed by atoms with Gasteiger partial charge in [0.25, 0.3) is 0 Å². The van der Waals surface area contributed by atoms with Crippen LogP contribution in [0.25, 0.3) is 0 Å². The number of carbonyl (C=O) groups is 1. The van der Waals surface area contributed by atoms with Crippen molar-refractivity contribution in [3.05, 3.63) is 36.5 Å². The third kappa shape index (κ3) is 35.1. The summed E-state index contributed by atoms with van der Waals surface area (Å²) in [6.45, 7) is 4.73. The van der Waals surface area contributed by atoms with Crippen LogP contribution < -0.4 is 5.32 Å². The Morgan fingerprint density at radius 3 is 1.60 bits per heavy atom. The molecule has 9 heteroatoms. The van der Waals surface area contributed by atoms with Gasteiger partial charge in [-0.1, -0.05) is 153 Å². The topological polar surface area (TPSA) is 105 Å². The van der Waals surface area contributed by atoms with Crippen molar-refractivity contribution in [2.45, 2.75) is 180 Å². The second kappa shape index (κ2) is 33.5. The lowest BCUT2D eigenvalue weighted by Gasteiger charge is -2.25. The molecular weight excluding hydrogens is 647 g/mol. The molecule has 0 bridgehead atoms. The maximum Gasteiger partial charge on any atom is 0.472 e. The van der Waals surface area contributed by atoms with Gasteiger partial charge in [-0.2, -0.15) is 0 Å². The molecule has 0 aliphatic heterocycles. The zero-order valence-corrected chi connectivity index (χ0v) is 34.0. The molecule has 294 valence electrons. The number of phosphoric ester groups is 1. The van der Waals surface area contributed by atoms with E-state index >= 15 is 0 Å². The average Bonchev–Trinajstić information content (AvgIpc) is 3.06. The van der Waals surface area contributed by atoms with E-state index in [9.17, 15) is 19.4 Å². The Kier molecular flexibility index (Phi) is 32.7. The molecule has 8 nitrogen and oxygen atoms in total. The number of allylic oxidation sites excluding steroid dienone is 5. The molecule has 50 heavy (non-hydrogen) atoms. The number of unbranched alkanes of at least 4 members (excludes halogenated alkanes) is 19. The highest BCUT2D eigenvalue weighted by molar-refractivity contribution is 7.47. The minimum atomic E-state index is -4.34. The summed E-state index contributed by atoms with van der Waals surface area (Å²) in [7, 11) is 1.54. The fourth-order valence-electron chi connectivity index (χ4n) is 5.54. The Hall–Kier alpha value is -1.28. The van der Waals surface area contributed by atoms with Gasteiger partial charge in [-0.25, -0.2) is 4.57 Å². The first-order valence-electron chi connectivity index (χ1n) is 20.4. The standard InChI is InChI=1S/C41H79N2O6P/c1-6-8-10-12-14-16-17-18-19-20-21-22-23-24-25-26-27-28-30-32-34-40(44)39(38-49-50(46,47)48-37-36-43(3,4)5)42-41(45)35-33-31-29-15-13-11-9-7-2/h22-23,26-27,32,34,39-40,44H,6-21,24-25,28-31,33,35-38H2,1-5H3,(H-,42,45,46,47)/p+1/b23-22+,27-26+,34-32+. The van der Waals surface area contributed by atoms with Crippen LogP contribution in [0, 0.1) is 0 Å². The number of hydrogen-bond donors (Lipinski definition) is 3. The third-order valence-corrected chi connectivity index (χ3v) is 9.82. The van der Waals surface area contributed by atoms with Crippen molar-refractivity contribution in [2.24, 2.45) is 0 Å². The van der Waals surface area contributed by atoms with E-state index < -0.39 is 20.0 Å². The number of likely N-dealkylation sites (N-methyl/N-ethyl adjacent to an activating group) is 1. The number of nitrogens with zero attached hydrogens (tertiary/aromatic N) is 1. The molecule has 1 amide bonds. The molecular formula is C41H80N2O6P+. The van der Waals surface area contributed by atoms with E-state index in [2.05, 4.69) is 43.5 Å². The van der Waals surface area contributed by atoms with E-state index in [4.69, 9.17) is 9.05 Å². The van der Waals surface area contributed by atoms with E-state index in [1.807, 2.05) is 27.2 Å². The fraction of sp³-hybridized carbons (Fsp3) is 0.829. The Bertz CT molecular complexity index is 917. The minimum absolute atomic E-state index is 0.0540. The van der Waals surface area contributed by atoms with Crippen molar-refractivity contribution in [1.82, 2.24) is 5.32 Å². The predicted octanol–water partition coefficient (Wildman–Crippen LogP) is 10.7. The molecule has 0 aromatic carbocycles. The van der Waals surface area contributed by atoms with Gasteiger partial charge in [0.05, 0.1) is 39.9 Å². The molecule has 0 aromatic rings. The normalized spacial score (nSPS) is 14.9. The molecule has 0 spiro atoms. The lowest BCUT2D eigenvalue weighted by molar-refractivity contribution is -0.870. The largest absolute Gasteiger partial charge is 0.472 e. The van der Waals surface area contributed by atoms with Crippen LogP contribution in [-0.4, -0.2) is 73.4 Å². The molecule has 0 aliphatic rings. The van der Waals surface area contributed by atoms with Crippen LogP contribution in [0.4, 0.5) is 0 Å². The number of quaternary nitrogens is 1. The number of carbonyl (C=O) groups excluding carboxylic acids is 1. The highest BCUT2D eigenvalue weighted by atomic mass is 31.2. The smallest absolute Gasteiger partial charge is 0.387 e. The van der Waals surface area contributed by atoms with Gasteiger partial charge < -0.3 is 19.8 Å². The predicted molar refractivity (Wildman–Crippen MR) is 212 cm³/mol. The summed E-state index contributed by atoms with van der Waals surface area (Å²) in [6.07, 6.45) is 39.4. The van der Waals surface area contributed by atoms with Gasteiger partial charge in [0.1, 0.15) is 13.2 Å². The van der Waals surface area contributed by atoms with E-state index in [1.165, 1.54) is 103 Å². The molecule has 0 saturated heterocycles. The zero-order valence-electron chi connectivity index (χ0n) is 33.1. The van der Waals surface area contributed by atoms with Crippen LogP contribution in [0.15, 0.2) is 36.5 Å². The highest BCUT2D eigenvalue weighted by Crippen LogP contribution is 2.43. The van der Waals surface area contributed by atoms with E-state index in [0.29, 0.717) is 17.4 Å². The number of nitrogens with one attached hydrogen (secondary N) is 1. The number of amides is 1. The first-order chi connectivity index (χ1) is 24.0. The third-order valence-electron chi connectivity index (χ3n) is 8.84. The second-order valence-corrected chi connectivity index (χ2v) is 16.5. The number of rotatable bonds is 36. The van der Waals surface area contributed by atoms with Gasteiger partial charge in [-0.05, 0) is 44.9 Å². The number of phosphoric acid groups is 1. The summed E-state index contributed by atoms with van der Waals surface area (Å²) < 4.78 is 23.4. The first kappa shape index (κ1) is 48.7. The molecule has 3 N–H and O–H groups in total. The van der Waals surface area contributed by atoms with Crippen molar-refractivity contribution in [1.29, 1.82) is 0 Å². The number of aliphatic hydroxyl groups is 1. The van der Waals surface area contributed by atoms with Crippen LogP contribution in [0.1, 0.15) is 168 Å². The van der Waals surface area contributed by atoms with E-state index in [0.717, 1.165) is 44.9 Å². The second-order valence-electron chi connectivity index (χ2n) is 15.0.